The molecule has 1 aromatic heterocycles. The Hall–Kier alpha value is -2.34. The van der Waals surface area contributed by atoms with Gasteiger partial charge in [0.1, 0.15) is 0 Å². The van der Waals surface area contributed by atoms with Crippen molar-refractivity contribution in [2.45, 2.75) is 12.5 Å². The first-order chi connectivity index (χ1) is 11.5. The van der Waals surface area contributed by atoms with Crippen molar-refractivity contribution in [3.05, 3.63) is 67.0 Å². The van der Waals surface area contributed by atoms with Crippen LogP contribution in [0.2, 0.25) is 0 Å². The van der Waals surface area contributed by atoms with Gasteiger partial charge in [0, 0.05) is 36.2 Å². The summed E-state index contributed by atoms with van der Waals surface area (Å²) in [5, 5.41) is 0. The van der Waals surface area contributed by atoms with E-state index in [9.17, 15) is 13.2 Å². The molecule has 2 aromatic rings. The third-order valence-electron chi connectivity index (χ3n) is 4.25. The normalized spacial score (nSPS) is 19.1. The number of nitrogens with zero attached hydrogens (tertiary/aromatic N) is 2. The van der Waals surface area contributed by atoms with Gasteiger partial charge < -0.3 is 9.47 Å². The molecular formula is C18H20N2O3S. The zero-order valence-electron chi connectivity index (χ0n) is 13.3. The average molecular weight is 344 g/mol. The number of carbonyl (C=O) groups excluding carboxylic acids is 1. The van der Waals surface area contributed by atoms with Crippen LogP contribution in [-0.4, -0.2) is 47.9 Å². The number of benzene rings is 1. The summed E-state index contributed by atoms with van der Waals surface area (Å²) in [6.45, 7) is 4.03. The van der Waals surface area contributed by atoms with Gasteiger partial charge in [-0.1, -0.05) is 6.08 Å². The van der Waals surface area contributed by atoms with E-state index in [2.05, 4.69) is 6.58 Å². The Kier molecular flexibility index (Phi) is 4.57. The molecular weight excluding hydrogens is 324 g/mol. The van der Waals surface area contributed by atoms with Crippen LogP contribution in [0.5, 0.6) is 0 Å². The van der Waals surface area contributed by atoms with Crippen molar-refractivity contribution >= 4 is 15.7 Å². The van der Waals surface area contributed by atoms with Crippen LogP contribution in [-0.2, 0) is 9.84 Å². The lowest BCUT2D eigenvalue weighted by Gasteiger charge is -2.27. The molecule has 3 rings (SSSR count). The van der Waals surface area contributed by atoms with Gasteiger partial charge in [0.2, 0.25) is 0 Å². The lowest BCUT2D eigenvalue weighted by Crippen LogP contribution is -2.41. The summed E-state index contributed by atoms with van der Waals surface area (Å²) >= 11 is 0. The first-order valence-electron chi connectivity index (χ1n) is 7.86. The van der Waals surface area contributed by atoms with Gasteiger partial charge in [-0.2, -0.15) is 0 Å². The van der Waals surface area contributed by atoms with E-state index in [-0.39, 0.29) is 23.5 Å². The maximum atomic E-state index is 12.8. The summed E-state index contributed by atoms with van der Waals surface area (Å²) in [5.74, 6) is 0.0233. The predicted molar refractivity (Wildman–Crippen MR) is 94.1 cm³/mol. The lowest BCUT2D eigenvalue weighted by atomic mass is 10.1. The molecule has 6 heteroatoms. The van der Waals surface area contributed by atoms with E-state index in [0.29, 0.717) is 18.5 Å². The van der Waals surface area contributed by atoms with Crippen molar-refractivity contribution in [2.24, 2.45) is 0 Å². The molecule has 1 fully saturated rings. The number of aromatic nitrogens is 1. The standard InChI is InChI=1S/C18H20N2O3S/c1-2-10-20(17-9-13-24(22,23)14-17)18(21)15-5-7-16(8-6-15)19-11-3-4-12-19/h2-8,11-12,17H,1,9-10,13-14H2. The lowest BCUT2D eigenvalue weighted by molar-refractivity contribution is 0.0720. The molecule has 0 bridgehead atoms. The quantitative estimate of drug-likeness (QED) is 0.782. The third kappa shape index (κ3) is 3.43. The second kappa shape index (κ2) is 6.65. The Labute approximate surface area is 142 Å². The Morgan fingerprint density at radius 2 is 1.92 bits per heavy atom. The van der Waals surface area contributed by atoms with E-state index in [0.717, 1.165) is 5.69 Å². The predicted octanol–water partition coefficient (Wildman–Crippen LogP) is 2.29. The molecule has 0 saturated carbocycles. The molecule has 1 atom stereocenters. The molecule has 24 heavy (non-hydrogen) atoms. The zero-order chi connectivity index (χ0) is 17.2. The van der Waals surface area contributed by atoms with Gasteiger partial charge in [-0.25, -0.2) is 8.42 Å². The van der Waals surface area contributed by atoms with E-state index in [4.69, 9.17) is 0 Å². The number of amides is 1. The number of hydrogen-bond acceptors (Lipinski definition) is 3. The van der Waals surface area contributed by atoms with Crippen LogP contribution in [0, 0.1) is 0 Å². The van der Waals surface area contributed by atoms with Crippen molar-refractivity contribution in [1.82, 2.24) is 9.47 Å². The number of carbonyl (C=O) groups is 1. The second-order valence-corrected chi connectivity index (χ2v) is 8.17. The summed E-state index contributed by atoms with van der Waals surface area (Å²) in [7, 11) is -3.04. The summed E-state index contributed by atoms with van der Waals surface area (Å²) in [6.07, 6.45) is 5.99. The van der Waals surface area contributed by atoms with Gasteiger partial charge in [0.15, 0.2) is 9.84 Å². The highest BCUT2D eigenvalue weighted by Crippen LogP contribution is 2.20. The summed E-state index contributed by atoms with van der Waals surface area (Å²) in [5.41, 5.74) is 1.52. The van der Waals surface area contributed by atoms with Crippen molar-refractivity contribution in [3.8, 4) is 5.69 Å². The highest BCUT2D eigenvalue weighted by Gasteiger charge is 2.34. The fourth-order valence-corrected chi connectivity index (χ4v) is 4.74. The van der Waals surface area contributed by atoms with Gasteiger partial charge in [-0.3, -0.25) is 4.79 Å². The van der Waals surface area contributed by atoms with Crippen molar-refractivity contribution < 1.29 is 13.2 Å². The first kappa shape index (κ1) is 16.5. The topological polar surface area (TPSA) is 59.4 Å². The smallest absolute Gasteiger partial charge is 0.254 e. The van der Waals surface area contributed by atoms with Crippen molar-refractivity contribution in [1.29, 1.82) is 0 Å². The van der Waals surface area contributed by atoms with E-state index >= 15 is 0 Å². The van der Waals surface area contributed by atoms with E-state index < -0.39 is 9.84 Å². The van der Waals surface area contributed by atoms with E-state index in [1.165, 1.54) is 0 Å². The fourth-order valence-electron chi connectivity index (χ4n) is 3.01. The third-order valence-corrected chi connectivity index (χ3v) is 6.00. The maximum absolute atomic E-state index is 12.8. The van der Waals surface area contributed by atoms with Crippen molar-refractivity contribution in [3.63, 3.8) is 0 Å². The molecule has 1 aliphatic heterocycles. The largest absolute Gasteiger partial charge is 0.331 e. The maximum Gasteiger partial charge on any atom is 0.254 e. The Balaban J connectivity index is 1.81. The molecule has 1 aliphatic rings. The number of sulfone groups is 1. The van der Waals surface area contributed by atoms with Gasteiger partial charge in [0.25, 0.3) is 5.91 Å². The number of hydrogen-bond donors (Lipinski definition) is 0. The first-order valence-corrected chi connectivity index (χ1v) is 9.68. The van der Waals surface area contributed by atoms with Crippen LogP contribution >= 0.6 is 0 Å². The second-order valence-electron chi connectivity index (χ2n) is 5.94. The molecule has 2 heterocycles. The van der Waals surface area contributed by atoms with Crippen LogP contribution in [0.15, 0.2) is 61.4 Å². The number of rotatable bonds is 5. The van der Waals surface area contributed by atoms with Crippen LogP contribution in [0.4, 0.5) is 0 Å². The van der Waals surface area contributed by atoms with E-state index in [1.54, 1.807) is 23.1 Å². The minimum Gasteiger partial charge on any atom is -0.331 e. The summed E-state index contributed by atoms with van der Waals surface area (Å²) in [4.78, 5) is 14.4. The monoisotopic (exact) mass is 344 g/mol. The highest BCUT2D eigenvalue weighted by atomic mass is 32.2. The molecule has 0 N–H and O–H groups in total. The molecule has 1 unspecified atom stereocenters. The molecule has 0 spiro atoms. The molecule has 5 nitrogen and oxygen atoms in total. The Morgan fingerprint density at radius 3 is 2.46 bits per heavy atom. The van der Waals surface area contributed by atoms with Gasteiger partial charge in [-0.15, -0.1) is 6.58 Å². The van der Waals surface area contributed by atoms with Gasteiger partial charge in [0.05, 0.1) is 11.5 Å². The minimum absolute atomic E-state index is 0.0357. The summed E-state index contributed by atoms with van der Waals surface area (Å²) in [6, 6.07) is 10.9. The SMILES string of the molecule is C=CCN(C(=O)c1ccc(-n2cccc2)cc1)C1CCS(=O)(=O)C1. The van der Waals surface area contributed by atoms with Gasteiger partial charge >= 0.3 is 0 Å². The molecule has 1 aromatic carbocycles. The van der Waals surface area contributed by atoms with Crippen LogP contribution in [0.1, 0.15) is 16.8 Å². The average Bonchev–Trinajstić information content (AvgIpc) is 3.22. The van der Waals surface area contributed by atoms with Gasteiger partial charge in [-0.05, 0) is 42.8 Å². The van der Waals surface area contributed by atoms with E-state index in [1.807, 2.05) is 41.2 Å². The van der Waals surface area contributed by atoms with Crippen LogP contribution in [0.25, 0.3) is 5.69 Å². The Morgan fingerprint density at radius 1 is 1.25 bits per heavy atom. The van der Waals surface area contributed by atoms with Crippen molar-refractivity contribution in [2.75, 3.05) is 18.1 Å². The molecule has 1 amide bonds. The minimum atomic E-state index is -3.04. The van der Waals surface area contributed by atoms with Crippen LogP contribution < -0.4 is 0 Å². The zero-order valence-corrected chi connectivity index (χ0v) is 14.2. The molecule has 0 radical (unpaired) electrons. The molecule has 126 valence electrons. The fraction of sp³-hybridized carbons (Fsp3) is 0.278. The Bertz CT molecular complexity index is 824. The summed E-state index contributed by atoms with van der Waals surface area (Å²) < 4.78 is 25.4. The molecule has 0 aliphatic carbocycles. The highest BCUT2D eigenvalue weighted by molar-refractivity contribution is 7.91. The van der Waals surface area contributed by atoms with Crippen LogP contribution in [0.3, 0.4) is 0 Å². The molecule has 1 saturated heterocycles.